The van der Waals surface area contributed by atoms with Crippen LogP contribution in [-0.2, 0) is 38.5 Å². The van der Waals surface area contributed by atoms with Gasteiger partial charge in [0.05, 0.1) is 7.11 Å². The lowest BCUT2D eigenvalue weighted by atomic mass is 10.0. The fourth-order valence-electron chi connectivity index (χ4n) is 3.46. The second-order valence-corrected chi connectivity index (χ2v) is 8.99. The Bertz CT molecular complexity index is 1120. The van der Waals surface area contributed by atoms with Crippen LogP contribution in [0.1, 0.15) is 16.7 Å². The minimum Gasteiger partial charge on any atom is -0.467 e. The third-order valence-electron chi connectivity index (χ3n) is 5.29. The van der Waals surface area contributed by atoms with E-state index in [4.69, 9.17) is 9.47 Å². The van der Waals surface area contributed by atoms with Crippen LogP contribution in [0.15, 0.2) is 84.9 Å². The molecule has 0 aliphatic heterocycles. The molecule has 0 unspecified atom stereocenters. The first-order chi connectivity index (χ1) is 17.0. The molecular formula is C27H27IN2O5. The number of esters is 1. The summed E-state index contributed by atoms with van der Waals surface area (Å²) in [5, 5.41) is 5.40. The Balaban J connectivity index is 1.72. The predicted octanol–water partition coefficient (Wildman–Crippen LogP) is 4.03. The van der Waals surface area contributed by atoms with E-state index in [9.17, 15) is 14.4 Å². The van der Waals surface area contributed by atoms with Gasteiger partial charge in [-0.05, 0) is 45.3 Å². The van der Waals surface area contributed by atoms with Crippen molar-refractivity contribution in [1.82, 2.24) is 10.6 Å². The topological polar surface area (TPSA) is 93.7 Å². The Morgan fingerprint density at radius 3 is 2.00 bits per heavy atom. The first kappa shape index (κ1) is 26.2. The number of hydrogen-bond donors (Lipinski definition) is 2. The summed E-state index contributed by atoms with van der Waals surface area (Å²) in [6, 6.07) is 24.3. The number of alkyl carbamates (subject to hydrolysis) is 1. The van der Waals surface area contributed by atoms with Crippen LogP contribution in [-0.4, -0.2) is 37.2 Å². The Morgan fingerprint density at radius 1 is 0.771 bits per heavy atom. The van der Waals surface area contributed by atoms with Crippen LogP contribution < -0.4 is 10.6 Å². The monoisotopic (exact) mass is 586 g/mol. The fourth-order valence-corrected chi connectivity index (χ4v) is 4.07. The van der Waals surface area contributed by atoms with Gasteiger partial charge in [-0.1, -0.05) is 78.9 Å². The van der Waals surface area contributed by atoms with E-state index in [-0.39, 0.29) is 19.4 Å². The molecule has 3 aromatic carbocycles. The summed E-state index contributed by atoms with van der Waals surface area (Å²) in [5.74, 6) is -1.07. The van der Waals surface area contributed by atoms with Crippen LogP contribution in [0, 0.1) is 3.57 Å². The zero-order chi connectivity index (χ0) is 25.0. The number of benzene rings is 3. The highest BCUT2D eigenvalue weighted by Gasteiger charge is 2.28. The molecule has 0 radical (unpaired) electrons. The Kier molecular flexibility index (Phi) is 10.1. The largest absolute Gasteiger partial charge is 0.467 e. The van der Waals surface area contributed by atoms with E-state index in [0.29, 0.717) is 0 Å². The summed E-state index contributed by atoms with van der Waals surface area (Å²) in [6.07, 6.45) is -0.241. The molecule has 2 N–H and O–H groups in total. The molecule has 0 saturated heterocycles. The fraction of sp³-hybridized carbons (Fsp3) is 0.222. The van der Waals surface area contributed by atoms with Gasteiger partial charge < -0.3 is 20.1 Å². The van der Waals surface area contributed by atoms with Crippen LogP contribution in [0.2, 0.25) is 0 Å². The standard InChI is InChI=1S/C27H27IN2O5/c1-34-26(32)24(17-21-14-8-9-15-22(21)28)29-25(31)23(16-19-10-4-2-5-11-19)30-27(33)35-18-20-12-6-3-7-13-20/h2-15,23-24H,16-18H2,1H3,(H,29,31)(H,30,33)/t23-,24-/m0/s1. The Labute approximate surface area is 218 Å². The van der Waals surface area contributed by atoms with E-state index in [2.05, 4.69) is 33.2 Å². The van der Waals surface area contributed by atoms with Crippen LogP contribution in [0.25, 0.3) is 0 Å². The Morgan fingerprint density at radius 2 is 1.37 bits per heavy atom. The summed E-state index contributed by atoms with van der Waals surface area (Å²) in [5.41, 5.74) is 2.58. The highest BCUT2D eigenvalue weighted by Crippen LogP contribution is 2.14. The van der Waals surface area contributed by atoms with Gasteiger partial charge in [0.2, 0.25) is 5.91 Å². The van der Waals surface area contributed by atoms with E-state index in [1.54, 1.807) is 0 Å². The molecule has 0 bridgehead atoms. The number of amides is 2. The molecule has 0 aliphatic rings. The van der Waals surface area contributed by atoms with Crippen LogP contribution in [0.3, 0.4) is 0 Å². The number of rotatable bonds is 10. The SMILES string of the molecule is COC(=O)[C@H](Cc1ccccc1I)NC(=O)[C@H](Cc1ccccc1)NC(=O)OCc1ccccc1. The highest BCUT2D eigenvalue weighted by molar-refractivity contribution is 14.1. The number of nitrogens with one attached hydrogen (secondary N) is 2. The molecule has 3 aromatic rings. The van der Waals surface area contributed by atoms with Crippen molar-refractivity contribution in [3.63, 3.8) is 0 Å². The van der Waals surface area contributed by atoms with Crippen molar-refractivity contribution in [2.75, 3.05) is 7.11 Å². The lowest BCUT2D eigenvalue weighted by molar-refractivity contribution is -0.145. The van der Waals surface area contributed by atoms with Gasteiger partial charge in [-0.25, -0.2) is 9.59 Å². The Hall–Kier alpha value is -3.40. The molecule has 8 heteroatoms. The molecule has 3 rings (SSSR count). The van der Waals surface area contributed by atoms with Gasteiger partial charge in [-0.2, -0.15) is 0 Å². The minimum absolute atomic E-state index is 0.0730. The first-order valence-electron chi connectivity index (χ1n) is 11.1. The van der Waals surface area contributed by atoms with Crippen LogP contribution in [0.5, 0.6) is 0 Å². The molecular weight excluding hydrogens is 559 g/mol. The molecule has 0 heterocycles. The highest BCUT2D eigenvalue weighted by atomic mass is 127. The molecule has 2 atom stereocenters. The number of halogens is 1. The van der Waals surface area contributed by atoms with Crippen molar-refractivity contribution in [3.8, 4) is 0 Å². The van der Waals surface area contributed by atoms with Gasteiger partial charge in [-0.15, -0.1) is 0 Å². The van der Waals surface area contributed by atoms with Crippen molar-refractivity contribution in [2.45, 2.75) is 31.5 Å². The van der Waals surface area contributed by atoms with E-state index < -0.39 is 30.1 Å². The van der Waals surface area contributed by atoms with Crippen molar-refractivity contribution >= 4 is 40.6 Å². The zero-order valence-corrected chi connectivity index (χ0v) is 21.4. The van der Waals surface area contributed by atoms with Gasteiger partial charge in [0.1, 0.15) is 18.7 Å². The molecule has 2 amide bonds. The maximum atomic E-state index is 13.3. The smallest absolute Gasteiger partial charge is 0.408 e. The van der Waals surface area contributed by atoms with Crippen molar-refractivity contribution < 1.29 is 23.9 Å². The maximum absolute atomic E-state index is 13.3. The summed E-state index contributed by atoms with van der Waals surface area (Å²) < 4.78 is 11.2. The number of methoxy groups -OCH3 is 1. The van der Waals surface area contributed by atoms with E-state index >= 15 is 0 Å². The van der Waals surface area contributed by atoms with Crippen LogP contribution >= 0.6 is 22.6 Å². The predicted molar refractivity (Wildman–Crippen MR) is 141 cm³/mol. The third-order valence-corrected chi connectivity index (χ3v) is 6.34. The first-order valence-corrected chi connectivity index (χ1v) is 12.2. The average Bonchev–Trinajstić information content (AvgIpc) is 2.88. The van der Waals surface area contributed by atoms with Crippen molar-refractivity contribution in [3.05, 3.63) is 105 Å². The lowest BCUT2D eigenvalue weighted by Gasteiger charge is -2.22. The van der Waals surface area contributed by atoms with Gasteiger partial charge in [0, 0.05) is 16.4 Å². The summed E-state index contributed by atoms with van der Waals surface area (Å²) in [4.78, 5) is 38.3. The second kappa shape index (κ2) is 13.5. The number of hydrogen-bond acceptors (Lipinski definition) is 5. The molecule has 0 spiro atoms. The molecule has 0 fully saturated rings. The maximum Gasteiger partial charge on any atom is 0.408 e. The number of carbonyl (C=O) groups excluding carboxylic acids is 3. The molecule has 0 aliphatic carbocycles. The molecule has 0 saturated carbocycles. The quantitative estimate of drug-likeness (QED) is 0.277. The average molecular weight is 586 g/mol. The van der Waals surface area contributed by atoms with E-state index in [1.165, 1.54) is 7.11 Å². The van der Waals surface area contributed by atoms with Gasteiger partial charge >= 0.3 is 12.1 Å². The van der Waals surface area contributed by atoms with Gasteiger partial charge in [0.15, 0.2) is 0 Å². The number of ether oxygens (including phenoxy) is 2. The second-order valence-electron chi connectivity index (χ2n) is 7.83. The normalized spacial score (nSPS) is 12.2. The molecule has 0 aromatic heterocycles. The molecule has 182 valence electrons. The van der Waals surface area contributed by atoms with Gasteiger partial charge in [0.25, 0.3) is 0 Å². The zero-order valence-electron chi connectivity index (χ0n) is 19.3. The molecule has 7 nitrogen and oxygen atoms in total. The summed E-state index contributed by atoms with van der Waals surface area (Å²) >= 11 is 2.18. The number of carbonyl (C=O) groups is 3. The van der Waals surface area contributed by atoms with Crippen molar-refractivity contribution in [2.24, 2.45) is 0 Å². The van der Waals surface area contributed by atoms with Gasteiger partial charge in [-0.3, -0.25) is 4.79 Å². The lowest BCUT2D eigenvalue weighted by Crippen LogP contribution is -2.53. The van der Waals surface area contributed by atoms with E-state index in [0.717, 1.165) is 20.3 Å². The van der Waals surface area contributed by atoms with E-state index in [1.807, 2.05) is 84.9 Å². The summed E-state index contributed by atoms with van der Waals surface area (Å²) in [6.45, 7) is 0.0730. The van der Waals surface area contributed by atoms with Crippen molar-refractivity contribution in [1.29, 1.82) is 0 Å². The summed E-state index contributed by atoms with van der Waals surface area (Å²) in [7, 11) is 1.28. The minimum atomic E-state index is -0.956. The molecule has 35 heavy (non-hydrogen) atoms. The third kappa shape index (κ3) is 8.40. The van der Waals surface area contributed by atoms with Crippen LogP contribution in [0.4, 0.5) is 4.79 Å².